The van der Waals surface area contributed by atoms with Crippen molar-refractivity contribution in [3.8, 4) is 0 Å². The smallest absolute Gasteiger partial charge is 0.152 e. The quantitative estimate of drug-likeness (QED) is 0.768. The fraction of sp³-hybridized carbons (Fsp3) is 0.188. The van der Waals surface area contributed by atoms with Crippen LogP contribution in [0.15, 0.2) is 40.9 Å². The minimum Gasteiger partial charge on any atom is -0.344 e. The predicted molar refractivity (Wildman–Crippen MR) is 83.5 cm³/mol. The first kappa shape index (κ1) is 13.8. The molecule has 0 aliphatic carbocycles. The molecule has 0 bridgehead atoms. The summed E-state index contributed by atoms with van der Waals surface area (Å²) < 4.78 is 0.962. The van der Waals surface area contributed by atoms with Crippen molar-refractivity contribution in [3.63, 3.8) is 0 Å². The molecule has 0 fully saturated rings. The molecule has 0 heterocycles. The predicted octanol–water partition coefficient (Wildman–Crippen LogP) is 4.65. The lowest BCUT2D eigenvalue weighted by atomic mass is 10.1. The van der Waals surface area contributed by atoms with Gasteiger partial charge in [0.25, 0.3) is 0 Å². The van der Waals surface area contributed by atoms with Gasteiger partial charge in [-0.2, -0.15) is 0 Å². The molecule has 2 rings (SSSR count). The highest BCUT2D eigenvalue weighted by Crippen LogP contribution is 2.30. The molecule has 19 heavy (non-hydrogen) atoms. The molecule has 0 radical (unpaired) electrons. The first-order chi connectivity index (χ1) is 9.01. The monoisotopic (exact) mass is 317 g/mol. The zero-order chi connectivity index (χ0) is 14.0. The van der Waals surface area contributed by atoms with Gasteiger partial charge in [-0.15, -0.1) is 0 Å². The Hall–Kier alpha value is -1.61. The van der Waals surface area contributed by atoms with E-state index in [0.29, 0.717) is 5.56 Å². The van der Waals surface area contributed by atoms with Crippen LogP contribution < -0.4 is 4.90 Å². The van der Waals surface area contributed by atoms with E-state index in [-0.39, 0.29) is 0 Å². The van der Waals surface area contributed by atoms with Gasteiger partial charge in [-0.05, 0) is 55.3 Å². The second-order valence-electron chi connectivity index (χ2n) is 4.73. The number of aldehydes is 1. The van der Waals surface area contributed by atoms with Crippen molar-refractivity contribution in [2.75, 3.05) is 11.9 Å². The van der Waals surface area contributed by atoms with Crippen LogP contribution in [-0.2, 0) is 0 Å². The number of anilines is 2. The number of rotatable bonds is 3. The lowest BCUT2D eigenvalue weighted by Gasteiger charge is -2.22. The zero-order valence-electron chi connectivity index (χ0n) is 11.3. The van der Waals surface area contributed by atoms with Gasteiger partial charge in [0, 0.05) is 22.8 Å². The minimum absolute atomic E-state index is 0.685. The van der Waals surface area contributed by atoms with Gasteiger partial charge < -0.3 is 4.90 Å². The topological polar surface area (TPSA) is 20.3 Å². The fourth-order valence-electron chi connectivity index (χ4n) is 2.19. The summed E-state index contributed by atoms with van der Waals surface area (Å²) in [6.07, 6.45) is 0.890. The second kappa shape index (κ2) is 5.57. The van der Waals surface area contributed by atoms with Crippen LogP contribution in [0.25, 0.3) is 0 Å². The molecule has 2 aromatic rings. The van der Waals surface area contributed by atoms with Gasteiger partial charge in [0.1, 0.15) is 0 Å². The molecular formula is C16H16BrNO. The molecule has 0 saturated heterocycles. The highest BCUT2D eigenvalue weighted by atomic mass is 79.9. The van der Waals surface area contributed by atoms with Gasteiger partial charge in [0.2, 0.25) is 0 Å². The second-order valence-corrected chi connectivity index (χ2v) is 5.64. The summed E-state index contributed by atoms with van der Waals surface area (Å²) in [6.45, 7) is 4.15. The van der Waals surface area contributed by atoms with Gasteiger partial charge in [-0.3, -0.25) is 4.79 Å². The van der Waals surface area contributed by atoms with Gasteiger partial charge in [-0.25, -0.2) is 0 Å². The Balaban J connectivity index is 2.51. The van der Waals surface area contributed by atoms with Crippen LogP contribution in [0.1, 0.15) is 21.5 Å². The molecule has 0 unspecified atom stereocenters. The molecule has 3 heteroatoms. The number of carbonyl (C=O) groups excluding carboxylic acids is 1. The van der Waals surface area contributed by atoms with Crippen LogP contribution >= 0.6 is 15.9 Å². The zero-order valence-corrected chi connectivity index (χ0v) is 12.9. The largest absolute Gasteiger partial charge is 0.344 e. The minimum atomic E-state index is 0.685. The lowest BCUT2D eigenvalue weighted by molar-refractivity contribution is 0.112. The number of benzene rings is 2. The van der Waals surface area contributed by atoms with E-state index in [0.717, 1.165) is 22.1 Å². The molecule has 0 N–H and O–H groups in total. The Bertz CT molecular complexity index is 602. The highest BCUT2D eigenvalue weighted by Gasteiger charge is 2.10. The number of aryl methyl sites for hydroxylation is 2. The van der Waals surface area contributed by atoms with Gasteiger partial charge in [0.05, 0.1) is 5.69 Å². The Kier molecular flexibility index (Phi) is 4.05. The van der Waals surface area contributed by atoms with Crippen LogP contribution in [0, 0.1) is 13.8 Å². The summed E-state index contributed by atoms with van der Waals surface area (Å²) in [7, 11) is 1.98. The Morgan fingerprint density at radius 2 is 1.68 bits per heavy atom. The summed E-state index contributed by atoms with van der Waals surface area (Å²) in [6, 6.07) is 12.0. The van der Waals surface area contributed by atoms with Crippen LogP contribution in [-0.4, -0.2) is 13.3 Å². The maximum absolute atomic E-state index is 11.2. The number of halogens is 1. The average molecular weight is 318 g/mol. The third kappa shape index (κ3) is 3.04. The Morgan fingerprint density at radius 3 is 2.26 bits per heavy atom. The standard InChI is InChI=1S/C16H16BrNO/c1-11-6-12(2)8-15(7-11)18(3)16-9-14(17)5-4-13(16)10-19/h4-10H,1-3H3. The van der Waals surface area contributed by atoms with Crippen molar-refractivity contribution in [1.29, 1.82) is 0 Å². The SMILES string of the molecule is Cc1cc(C)cc(N(C)c2cc(Br)ccc2C=O)c1. The van der Waals surface area contributed by atoms with Crippen molar-refractivity contribution in [1.82, 2.24) is 0 Å². The van der Waals surface area contributed by atoms with Crippen LogP contribution in [0.3, 0.4) is 0 Å². The molecule has 0 aromatic heterocycles. The molecule has 0 amide bonds. The lowest BCUT2D eigenvalue weighted by Crippen LogP contribution is -2.12. The first-order valence-electron chi connectivity index (χ1n) is 6.08. The van der Waals surface area contributed by atoms with Crippen molar-refractivity contribution < 1.29 is 4.79 Å². The maximum atomic E-state index is 11.2. The van der Waals surface area contributed by atoms with Crippen molar-refractivity contribution in [3.05, 3.63) is 57.6 Å². The number of hydrogen-bond acceptors (Lipinski definition) is 2. The molecule has 0 saturated carbocycles. The average Bonchev–Trinajstić information content (AvgIpc) is 2.36. The van der Waals surface area contributed by atoms with E-state index >= 15 is 0 Å². The van der Waals surface area contributed by atoms with Crippen LogP contribution in [0.2, 0.25) is 0 Å². The van der Waals surface area contributed by atoms with E-state index in [1.54, 1.807) is 0 Å². The van der Waals surface area contributed by atoms with Crippen LogP contribution in [0.5, 0.6) is 0 Å². The maximum Gasteiger partial charge on any atom is 0.152 e. The van der Waals surface area contributed by atoms with Gasteiger partial charge in [0.15, 0.2) is 6.29 Å². The summed E-state index contributed by atoms with van der Waals surface area (Å²) >= 11 is 3.45. The highest BCUT2D eigenvalue weighted by molar-refractivity contribution is 9.10. The molecule has 0 aliphatic heterocycles. The van der Waals surface area contributed by atoms with Crippen molar-refractivity contribution >= 4 is 33.6 Å². The van der Waals surface area contributed by atoms with E-state index < -0.39 is 0 Å². The summed E-state index contributed by atoms with van der Waals surface area (Å²) in [5.74, 6) is 0. The molecule has 0 aliphatic rings. The van der Waals surface area contributed by atoms with Crippen molar-refractivity contribution in [2.24, 2.45) is 0 Å². The molecule has 2 nitrogen and oxygen atoms in total. The molecule has 2 aromatic carbocycles. The summed E-state index contributed by atoms with van der Waals surface area (Å²) in [4.78, 5) is 13.2. The third-order valence-corrected chi connectivity index (χ3v) is 3.57. The van der Waals surface area contributed by atoms with E-state index in [1.807, 2.05) is 30.1 Å². The van der Waals surface area contributed by atoms with E-state index in [4.69, 9.17) is 0 Å². The van der Waals surface area contributed by atoms with Crippen molar-refractivity contribution in [2.45, 2.75) is 13.8 Å². The molecule has 0 atom stereocenters. The van der Waals surface area contributed by atoms with E-state index in [2.05, 4.69) is 48.0 Å². The fourth-order valence-corrected chi connectivity index (χ4v) is 2.54. The van der Waals surface area contributed by atoms with E-state index in [1.165, 1.54) is 11.1 Å². The molecule has 98 valence electrons. The first-order valence-corrected chi connectivity index (χ1v) is 6.87. The summed E-state index contributed by atoms with van der Waals surface area (Å²) in [5.41, 5.74) is 5.09. The Morgan fingerprint density at radius 1 is 1.05 bits per heavy atom. The Labute approximate surface area is 122 Å². The third-order valence-electron chi connectivity index (χ3n) is 3.07. The van der Waals surface area contributed by atoms with Gasteiger partial charge >= 0.3 is 0 Å². The van der Waals surface area contributed by atoms with E-state index in [9.17, 15) is 4.79 Å². The molecular weight excluding hydrogens is 302 g/mol. The normalized spacial score (nSPS) is 10.3. The molecule has 0 spiro atoms. The number of carbonyl (C=O) groups is 1. The van der Waals surface area contributed by atoms with Gasteiger partial charge in [-0.1, -0.05) is 22.0 Å². The number of nitrogens with zero attached hydrogens (tertiary/aromatic N) is 1. The van der Waals surface area contributed by atoms with Crippen LogP contribution in [0.4, 0.5) is 11.4 Å². The summed E-state index contributed by atoms with van der Waals surface area (Å²) in [5, 5.41) is 0. The number of hydrogen-bond donors (Lipinski definition) is 0.